The minimum absolute atomic E-state index is 0.310. The zero-order chi connectivity index (χ0) is 11.4. The van der Waals surface area contributed by atoms with Gasteiger partial charge in [0.2, 0.25) is 0 Å². The van der Waals surface area contributed by atoms with Crippen molar-refractivity contribution in [3.8, 4) is 0 Å². The van der Waals surface area contributed by atoms with Gasteiger partial charge in [0.05, 0.1) is 12.7 Å². The van der Waals surface area contributed by atoms with Gasteiger partial charge in [-0.15, -0.1) is 0 Å². The van der Waals surface area contributed by atoms with Crippen LogP contribution in [0.5, 0.6) is 0 Å². The van der Waals surface area contributed by atoms with Crippen molar-refractivity contribution < 1.29 is 9.53 Å². The van der Waals surface area contributed by atoms with E-state index in [2.05, 4.69) is 14.6 Å². The maximum absolute atomic E-state index is 11.4. The molecule has 1 saturated heterocycles. The number of hydrogen-bond donors (Lipinski definition) is 0. The van der Waals surface area contributed by atoms with Crippen LogP contribution in [-0.2, 0) is 4.74 Å². The highest BCUT2D eigenvalue weighted by molar-refractivity contribution is 7.99. The van der Waals surface area contributed by atoms with E-state index in [1.165, 1.54) is 7.11 Å². The summed E-state index contributed by atoms with van der Waals surface area (Å²) in [6, 6.07) is 3.47. The Kier molecular flexibility index (Phi) is 3.66. The van der Waals surface area contributed by atoms with Gasteiger partial charge in [0.15, 0.2) is 0 Å². The lowest BCUT2D eigenvalue weighted by molar-refractivity contribution is 0.0600. The third-order valence-corrected chi connectivity index (χ3v) is 3.44. The highest BCUT2D eigenvalue weighted by atomic mass is 32.2. The molecular weight excluding hydrogens is 224 g/mol. The molecule has 0 atom stereocenters. The lowest BCUT2D eigenvalue weighted by atomic mass is 10.2. The largest absolute Gasteiger partial charge is 0.465 e. The molecule has 0 unspecified atom stereocenters. The number of carbonyl (C=O) groups excluding carboxylic acids is 1. The topological polar surface area (TPSA) is 42.4 Å². The smallest absolute Gasteiger partial charge is 0.338 e. The number of carbonyl (C=O) groups is 1. The van der Waals surface area contributed by atoms with E-state index in [1.807, 2.05) is 11.8 Å². The second-order valence-corrected chi connectivity index (χ2v) is 4.72. The highest BCUT2D eigenvalue weighted by Gasteiger charge is 2.14. The minimum Gasteiger partial charge on any atom is -0.465 e. The number of aromatic nitrogens is 1. The van der Waals surface area contributed by atoms with E-state index >= 15 is 0 Å². The summed E-state index contributed by atoms with van der Waals surface area (Å²) in [6.07, 6.45) is 1.66. The number of ether oxygens (including phenoxy) is 1. The molecule has 5 heteroatoms. The summed E-state index contributed by atoms with van der Waals surface area (Å²) in [4.78, 5) is 17.9. The summed E-state index contributed by atoms with van der Waals surface area (Å²) in [5.74, 6) is 2.78. The summed E-state index contributed by atoms with van der Waals surface area (Å²) in [5.41, 5.74) is 0.561. The molecule has 4 nitrogen and oxygen atoms in total. The van der Waals surface area contributed by atoms with E-state index in [-0.39, 0.29) is 5.97 Å². The van der Waals surface area contributed by atoms with E-state index in [0.29, 0.717) is 5.56 Å². The molecule has 1 aromatic heterocycles. The van der Waals surface area contributed by atoms with Crippen LogP contribution < -0.4 is 4.90 Å². The van der Waals surface area contributed by atoms with Crippen molar-refractivity contribution in [2.45, 2.75) is 0 Å². The molecule has 0 N–H and O–H groups in total. The number of methoxy groups -OCH3 is 1. The van der Waals surface area contributed by atoms with Crippen LogP contribution in [0.4, 0.5) is 5.82 Å². The Hall–Kier alpha value is -1.23. The number of hydrogen-bond acceptors (Lipinski definition) is 5. The molecular formula is C11H14N2O2S. The van der Waals surface area contributed by atoms with E-state index in [9.17, 15) is 4.79 Å². The van der Waals surface area contributed by atoms with Crippen molar-refractivity contribution in [1.82, 2.24) is 4.98 Å². The monoisotopic (exact) mass is 238 g/mol. The number of thioether (sulfide) groups is 1. The molecule has 0 spiro atoms. The van der Waals surface area contributed by atoms with Crippen LogP contribution in [0.25, 0.3) is 0 Å². The number of rotatable bonds is 2. The van der Waals surface area contributed by atoms with Gasteiger partial charge in [0.25, 0.3) is 0 Å². The Bertz CT molecular complexity index is 378. The van der Waals surface area contributed by atoms with Gasteiger partial charge in [0, 0.05) is 30.8 Å². The van der Waals surface area contributed by atoms with Gasteiger partial charge in [-0.25, -0.2) is 9.78 Å². The average molecular weight is 238 g/mol. The number of esters is 1. The van der Waals surface area contributed by atoms with Gasteiger partial charge in [-0.05, 0) is 12.1 Å². The Morgan fingerprint density at radius 3 is 2.94 bits per heavy atom. The average Bonchev–Trinajstić information content (AvgIpc) is 2.39. The van der Waals surface area contributed by atoms with Crippen molar-refractivity contribution in [1.29, 1.82) is 0 Å². The molecule has 0 radical (unpaired) electrons. The minimum atomic E-state index is -0.310. The number of pyridine rings is 1. The third kappa shape index (κ3) is 2.47. The van der Waals surface area contributed by atoms with Crippen molar-refractivity contribution >= 4 is 23.5 Å². The third-order valence-electron chi connectivity index (χ3n) is 2.50. The van der Waals surface area contributed by atoms with Gasteiger partial charge < -0.3 is 9.64 Å². The maximum atomic E-state index is 11.4. The molecule has 0 amide bonds. The summed E-state index contributed by atoms with van der Waals surface area (Å²) >= 11 is 1.95. The van der Waals surface area contributed by atoms with Gasteiger partial charge in [0.1, 0.15) is 5.82 Å². The van der Waals surface area contributed by atoms with Crippen LogP contribution in [0.1, 0.15) is 10.4 Å². The first kappa shape index (κ1) is 11.3. The molecule has 1 aromatic rings. The molecule has 16 heavy (non-hydrogen) atoms. The first-order chi connectivity index (χ1) is 7.81. The zero-order valence-corrected chi connectivity index (χ0v) is 10.00. The van der Waals surface area contributed by atoms with Crippen LogP contribution in [0, 0.1) is 0 Å². The predicted molar refractivity (Wildman–Crippen MR) is 65.1 cm³/mol. The molecule has 2 rings (SSSR count). The predicted octanol–water partition coefficient (Wildman–Crippen LogP) is 1.42. The summed E-state index contributed by atoms with van der Waals surface area (Å²) in [6.45, 7) is 1.98. The summed E-state index contributed by atoms with van der Waals surface area (Å²) in [5, 5.41) is 0. The fraction of sp³-hybridized carbons (Fsp3) is 0.455. The maximum Gasteiger partial charge on any atom is 0.338 e. The quantitative estimate of drug-likeness (QED) is 0.729. The number of anilines is 1. The second kappa shape index (κ2) is 5.21. The Morgan fingerprint density at radius 1 is 1.50 bits per heavy atom. The van der Waals surface area contributed by atoms with Crippen molar-refractivity contribution in [2.75, 3.05) is 36.6 Å². The molecule has 0 saturated carbocycles. The first-order valence-electron chi connectivity index (χ1n) is 5.18. The van der Waals surface area contributed by atoms with Crippen molar-refractivity contribution in [2.24, 2.45) is 0 Å². The van der Waals surface area contributed by atoms with Gasteiger partial charge >= 0.3 is 5.97 Å². The molecule has 0 aliphatic carbocycles. The molecule has 1 fully saturated rings. The molecule has 1 aliphatic rings. The molecule has 0 bridgehead atoms. The molecule has 0 aromatic carbocycles. The Morgan fingerprint density at radius 2 is 2.25 bits per heavy atom. The highest BCUT2D eigenvalue weighted by Crippen LogP contribution is 2.18. The van der Waals surface area contributed by atoms with E-state index in [4.69, 9.17) is 0 Å². The molecule has 86 valence electrons. The second-order valence-electron chi connectivity index (χ2n) is 3.49. The fourth-order valence-corrected chi connectivity index (χ4v) is 2.53. The van der Waals surface area contributed by atoms with Gasteiger partial charge in [-0.2, -0.15) is 11.8 Å². The SMILES string of the molecule is COC(=O)c1ccnc(N2CCSCC2)c1. The van der Waals surface area contributed by atoms with E-state index < -0.39 is 0 Å². The van der Waals surface area contributed by atoms with E-state index in [0.717, 1.165) is 30.4 Å². The Balaban J connectivity index is 2.17. The van der Waals surface area contributed by atoms with Crippen molar-refractivity contribution in [3.63, 3.8) is 0 Å². The lowest BCUT2D eigenvalue weighted by Gasteiger charge is -2.27. The summed E-state index contributed by atoms with van der Waals surface area (Å²) in [7, 11) is 1.39. The van der Waals surface area contributed by atoms with Crippen LogP contribution in [0.2, 0.25) is 0 Å². The van der Waals surface area contributed by atoms with Crippen LogP contribution in [0.15, 0.2) is 18.3 Å². The fourth-order valence-electron chi connectivity index (χ4n) is 1.63. The molecule has 1 aliphatic heterocycles. The lowest BCUT2D eigenvalue weighted by Crippen LogP contribution is -2.33. The first-order valence-corrected chi connectivity index (χ1v) is 6.34. The van der Waals surface area contributed by atoms with Crippen LogP contribution in [0.3, 0.4) is 0 Å². The van der Waals surface area contributed by atoms with Gasteiger partial charge in [-0.1, -0.05) is 0 Å². The number of nitrogens with zero attached hydrogens (tertiary/aromatic N) is 2. The molecule has 2 heterocycles. The van der Waals surface area contributed by atoms with Crippen molar-refractivity contribution in [3.05, 3.63) is 23.9 Å². The van der Waals surface area contributed by atoms with Crippen LogP contribution in [-0.4, -0.2) is 42.7 Å². The standard InChI is InChI=1S/C11H14N2O2S/c1-15-11(14)9-2-3-12-10(8-9)13-4-6-16-7-5-13/h2-3,8H,4-7H2,1H3. The Labute approximate surface area is 99.0 Å². The van der Waals surface area contributed by atoms with E-state index in [1.54, 1.807) is 18.3 Å². The summed E-state index contributed by atoms with van der Waals surface area (Å²) < 4.78 is 4.69. The van der Waals surface area contributed by atoms with Gasteiger partial charge in [-0.3, -0.25) is 0 Å². The van der Waals surface area contributed by atoms with Crippen LogP contribution >= 0.6 is 11.8 Å². The zero-order valence-electron chi connectivity index (χ0n) is 9.18. The normalized spacial score (nSPS) is 15.9.